The Morgan fingerprint density at radius 3 is 1.93 bits per heavy atom. The van der Waals surface area contributed by atoms with Gasteiger partial charge in [0.15, 0.2) is 5.82 Å². The molecule has 0 radical (unpaired) electrons. The van der Waals surface area contributed by atoms with E-state index in [4.69, 9.17) is 0 Å². The van der Waals surface area contributed by atoms with Gasteiger partial charge in [-0.1, -0.05) is 78.4 Å². The topological polar surface area (TPSA) is 64.0 Å². The van der Waals surface area contributed by atoms with E-state index in [9.17, 15) is 8.42 Å². The van der Waals surface area contributed by atoms with Crippen LogP contribution in [0.2, 0.25) is 0 Å². The van der Waals surface area contributed by atoms with Gasteiger partial charge in [0.1, 0.15) is 5.82 Å². The van der Waals surface area contributed by atoms with Crippen LogP contribution in [0.5, 0.6) is 0 Å². The number of sulfonamides is 1. The first-order chi connectivity index (χ1) is 14.0. The van der Waals surface area contributed by atoms with Gasteiger partial charge in [0.2, 0.25) is 0 Å². The van der Waals surface area contributed by atoms with Crippen LogP contribution in [0.25, 0.3) is 22.6 Å². The maximum absolute atomic E-state index is 13.0. The second-order valence-electron chi connectivity index (χ2n) is 6.84. The molecule has 0 aliphatic heterocycles. The van der Waals surface area contributed by atoms with E-state index in [1.54, 1.807) is 24.3 Å². The molecule has 0 aliphatic rings. The number of hydrogen-bond donors (Lipinski definition) is 1. The first-order valence-electron chi connectivity index (χ1n) is 9.23. The molecule has 0 fully saturated rings. The zero-order valence-electron chi connectivity index (χ0n) is 16.2. The third kappa shape index (κ3) is 3.79. The summed E-state index contributed by atoms with van der Waals surface area (Å²) in [6.45, 7) is 1.92. The molecule has 1 heterocycles. The summed E-state index contributed by atoms with van der Waals surface area (Å²) in [6, 6.07) is 26.1. The first-order valence-corrected chi connectivity index (χ1v) is 10.7. The van der Waals surface area contributed by atoms with E-state index < -0.39 is 10.0 Å². The normalized spacial score (nSPS) is 11.4. The van der Waals surface area contributed by atoms with Crippen LogP contribution in [0.3, 0.4) is 0 Å². The molecule has 5 nitrogen and oxygen atoms in total. The van der Waals surface area contributed by atoms with Gasteiger partial charge in [-0.3, -0.25) is 4.72 Å². The quantitative estimate of drug-likeness (QED) is 0.517. The molecular weight excluding hydrogens is 382 g/mol. The van der Waals surface area contributed by atoms with Gasteiger partial charge in [0.05, 0.1) is 10.6 Å². The maximum Gasteiger partial charge on any atom is 0.263 e. The Labute approximate surface area is 170 Å². The Kier molecular flexibility index (Phi) is 4.94. The van der Waals surface area contributed by atoms with E-state index >= 15 is 0 Å². The molecule has 0 aliphatic carbocycles. The Morgan fingerprint density at radius 1 is 0.793 bits per heavy atom. The molecule has 0 saturated heterocycles. The lowest BCUT2D eigenvalue weighted by Crippen LogP contribution is -2.14. The zero-order chi connectivity index (χ0) is 20.4. The molecule has 4 aromatic rings. The van der Waals surface area contributed by atoms with Crippen molar-refractivity contribution >= 4 is 15.8 Å². The molecule has 0 atom stereocenters. The van der Waals surface area contributed by atoms with Crippen molar-refractivity contribution in [1.29, 1.82) is 0 Å². The van der Waals surface area contributed by atoms with Crippen molar-refractivity contribution in [2.75, 3.05) is 4.72 Å². The van der Waals surface area contributed by atoms with Gasteiger partial charge in [-0.15, -0.1) is 0 Å². The lowest BCUT2D eigenvalue weighted by molar-refractivity contribution is 0.601. The maximum atomic E-state index is 13.0. The second kappa shape index (κ2) is 7.56. The van der Waals surface area contributed by atoms with Crippen LogP contribution in [0.4, 0.5) is 5.82 Å². The average Bonchev–Trinajstić information content (AvgIpc) is 3.05. The van der Waals surface area contributed by atoms with Gasteiger partial charge in [-0.2, -0.15) is 0 Å². The summed E-state index contributed by atoms with van der Waals surface area (Å²) in [5.74, 6) is 0.990. The van der Waals surface area contributed by atoms with Crippen molar-refractivity contribution in [2.45, 2.75) is 11.8 Å². The molecule has 146 valence electrons. The highest BCUT2D eigenvalue weighted by atomic mass is 32.2. The largest absolute Gasteiger partial charge is 0.325 e. The van der Waals surface area contributed by atoms with Crippen molar-refractivity contribution < 1.29 is 8.42 Å². The molecule has 1 N–H and O–H groups in total. The summed E-state index contributed by atoms with van der Waals surface area (Å²) in [5.41, 5.74) is 3.50. The smallest absolute Gasteiger partial charge is 0.263 e. The van der Waals surface area contributed by atoms with Crippen molar-refractivity contribution in [1.82, 2.24) is 9.55 Å². The SMILES string of the molecule is Cc1ccc(S(=O)(=O)Nc2nc(-c3ccccc3)n(C)c2-c2ccccc2)cc1. The van der Waals surface area contributed by atoms with E-state index in [1.165, 1.54) is 0 Å². The molecule has 0 unspecified atom stereocenters. The third-order valence-corrected chi connectivity index (χ3v) is 6.09. The first kappa shape index (κ1) is 19.0. The van der Waals surface area contributed by atoms with Crippen molar-refractivity contribution in [2.24, 2.45) is 7.05 Å². The third-order valence-electron chi connectivity index (χ3n) is 4.74. The summed E-state index contributed by atoms with van der Waals surface area (Å²) in [4.78, 5) is 4.86. The Hall–Kier alpha value is -3.38. The van der Waals surface area contributed by atoms with Gasteiger partial charge < -0.3 is 4.57 Å². The van der Waals surface area contributed by atoms with Crippen LogP contribution < -0.4 is 4.72 Å². The standard InChI is InChI=1S/C23H21N3O2S/c1-17-13-15-20(16-14-17)29(27,28)25-22-21(18-9-5-3-6-10-18)26(2)23(24-22)19-11-7-4-8-12-19/h3-16,25H,1-2H3. The second-order valence-corrected chi connectivity index (χ2v) is 8.52. The van der Waals surface area contributed by atoms with Crippen LogP contribution in [0, 0.1) is 6.92 Å². The minimum absolute atomic E-state index is 0.203. The summed E-state index contributed by atoms with van der Waals surface area (Å²) in [5, 5.41) is 0. The van der Waals surface area contributed by atoms with Gasteiger partial charge in [-0.25, -0.2) is 13.4 Å². The highest BCUT2D eigenvalue weighted by molar-refractivity contribution is 7.92. The number of aromatic nitrogens is 2. The molecule has 0 bridgehead atoms. The number of benzene rings is 3. The van der Waals surface area contributed by atoms with E-state index in [0.717, 1.165) is 16.7 Å². The summed E-state index contributed by atoms with van der Waals surface area (Å²) >= 11 is 0. The number of anilines is 1. The number of hydrogen-bond acceptors (Lipinski definition) is 3. The minimum Gasteiger partial charge on any atom is -0.325 e. The summed E-state index contributed by atoms with van der Waals surface area (Å²) in [6.07, 6.45) is 0. The van der Waals surface area contributed by atoms with Crippen molar-refractivity contribution in [3.63, 3.8) is 0 Å². The Morgan fingerprint density at radius 2 is 1.34 bits per heavy atom. The highest BCUT2D eigenvalue weighted by Crippen LogP contribution is 2.33. The molecular formula is C23H21N3O2S. The van der Waals surface area contributed by atoms with Crippen molar-refractivity contribution in [3.8, 4) is 22.6 Å². The monoisotopic (exact) mass is 403 g/mol. The van der Waals surface area contributed by atoms with Crippen molar-refractivity contribution in [3.05, 3.63) is 90.5 Å². The fraction of sp³-hybridized carbons (Fsp3) is 0.0870. The predicted octanol–water partition coefficient (Wildman–Crippen LogP) is 4.86. The van der Waals surface area contributed by atoms with Crippen LogP contribution in [-0.4, -0.2) is 18.0 Å². The highest BCUT2D eigenvalue weighted by Gasteiger charge is 2.22. The lowest BCUT2D eigenvalue weighted by atomic mass is 10.1. The molecule has 4 rings (SSSR count). The van der Waals surface area contributed by atoms with E-state index in [0.29, 0.717) is 17.3 Å². The number of imidazole rings is 1. The fourth-order valence-corrected chi connectivity index (χ4v) is 4.25. The number of nitrogens with one attached hydrogen (secondary N) is 1. The van der Waals surface area contributed by atoms with Gasteiger partial charge >= 0.3 is 0 Å². The predicted molar refractivity (Wildman–Crippen MR) is 116 cm³/mol. The summed E-state index contributed by atoms with van der Waals surface area (Å²) in [7, 11) is -1.88. The molecule has 0 amide bonds. The van der Waals surface area contributed by atoms with Gasteiger partial charge in [0.25, 0.3) is 10.0 Å². The van der Waals surface area contributed by atoms with Gasteiger partial charge in [-0.05, 0) is 19.1 Å². The lowest BCUT2D eigenvalue weighted by Gasteiger charge is -2.10. The van der Waals surface area contributed by atoms with Crippen LogP contribution in [-0.2, 0) is 17.1 Å². The fourth-order valence-electron chi connectivity index (χ4n) is 3.25. The molecule has 3 aromatic carbocycles. The number of nitrogens with zero attached hydrogens (tertiary/aromatic N) is 2. The van der Waals surface area contributed by atoms with E-state index in [-0.39, 0.29) is 4.90 Å². The average molecular weight is 404 g/mol. The molecule has 0 saturated carbocycles. The minimum atomic E-state index is -3.77. The van der Waals surface area contributed by atoms with Gasteiger partial charge in [0, 0.05) is 18.2 Å². The Bertz CT molecular complexity index is 1230. The number of rotatable bonds is 5. The van der Waals surface area contributed by atoms with E-state index in [2.05, 4.69) is 9.71 Å². The van der Waals surface area contributed by atoms with Crippen LogP contribution >= 0.6 is 0 Å². The van der Waals surface area contributed by atoms with E-state index in [1.807, 2.05) is 79.2 Å². The van der Waals surface area contributed by atoms with Crippen LogP contribution in [0.1, 0.15) is 5.56 Å². The number of aryl methyl sites for hydroxylation is 1. The summed E-state index contributed by atoms with van der Waals surface area (Å²) < 4.78 is 30.6. The molecule has 0 spiro atoms. The molecule has 1 aromatic heterocycles. The molecule has 6 heteroatoms. The zero-order valence-corrected chi connectivity index (χ0v) is 17.0. The Balaban J connectivity index is 1.85. The van der Waals surface area contributed by atoms with Crippen LogP contribution in [0.15, 0.2) is 89.8 Å². The molecule has 29 heavy (non-hydrogen) atoms.